The van der Waals surface area contributed by atoms with Gasteiger partial charge in [0.15, 0.2) is 5.96 Å². The van der Waals surface area contributed by atoms with Crippen molar-refractivity contribution >= 4 is 29.9 Å². The highest BCUT2D eigenvalue weighted by molar-refractivity contribution is 14.0. The van der Waals surface area contributed by atoms with Gasteiger partial charge >= 0.3 is 0 Å². The summed E-state index contributed by atoms with van der Waals surface area (Å²) >= 11 is 0. The molecular weight excluding hydrogens is 451 g/mol. The number of hydrogen-bond donors (Lipinski definition) is 1. The lowest BCUT2D eigenvalue weighted by molar-refractivity contribution is -0.0625. The first-order chi connectivity index (χ1) is 12.8. The Bertz CT molecular complexity index is 483. The molecule has 1 aliphatic carbocycles. The topological polar surface area (TPSA) is 40.1 Å². The molecule has 1 saturated heterocycles. The van der Waals surface area contributed by atoms with Gasteiger partial charge in [-0.1, -0.05) is 38.3 Å². The number of nitrogens with zero attached hydrogens (tertiary/aromatic N) is 3. The van der Waals surface area contributed by atoms with Crippen LogP contribution in [0.3, 0.4) is 0 Å². The summed E-state index contributed by atoms with van der Waals surface area (Å²) in [5.74, 6) is 1.09. The second-order valence-electron chi connectivity index (χ2n) is 8.08. The summed E-state index contributed by atoms with van der Waals surface area (Å²) in [5.41, 5.74) is -0.0209. The third-order valence-electron chi connectivity index (χ3n) is 6.05. The minimum absolute atomic E-state index is 0. The third kappa shape index (κ3) is 6.32. The Morgan fingerprint density at radius 1 is 1.19 bits per heavy atom. The molecule has 0 spiro atoms. The van der Waals surface area contributed by atoms with Crippen LogP contribution in [0.25, 0.3) is 0 Å². The van der Waals surface area contributed by atoms with Gasteiger partial charge in [-0.2, -0.15) is 0 Å². The maximum absolute atomic E-state index is 6.34. The summed E-state index contributed by atoms with van der Waals surface area (Å²) in [6, 6.07) is 0.661. The van der Waals surface area contributed by atoms with Crippen LogP contribution in [-0.2, 0) is 4.74 Å². The average Bonchev–Trinajstić information content (AvgIpc) is 3.36. The minimum atomic E-state index is -0.0209. The Hall–Kier alpha value is -0.340. The van der Waals surface area contributed by atoms with Gasteiger partial charge in [0.2, 0.25) is 0 Å². The first-order valence-corrected chi connectivity index (χ1v) is 10.8. The predicted molar refractivity (Wildman–Crippen MR) is 124 cm³/mol. The molecule has 0 aromatic heterocycles. The third-order valence-corrected chi connectivity index (χ3v) is 6.05. The Morgan fingerprint density at radius 3 is 2.59 bits per heavy atom. The highest BCUT2D eigenvalue weighted by atomic mass is 127. The van der Waals surface area contributed by atoms with Crippen molar-refractivity contribution in [2.45, 2.75) is 70.4 Å². The van der Waals surface area contributed by atoms with Crippen LogP contribution in [0.5, 0.6) is 0 Å². The second kappa shape index (κ2) is 11.6. The largest absolute Gasteiger partial charge is 0.373 e. The van der Waals surface area contributed by atoms with Crippen molar-refractivity contribution in [3.8, 4) is 0 Å². The molecule has 3 aliphatic rings. The molecule has 6 heteroatoms. The van der Waals surface area contributed by atoms with Gasteiger partial charge in [-0.15, -0.1) is 24.0 Å². The van der Waals surface area contributed by atoms with Crippen molar-refractivity contribution in [3.63, 3.8) is 0 Å². The highest BCUT2D eigenvalue weighted by Gasteiger charge is 2.34. The molecule has 27 heavy (non-hydrogen) atoms. The molecule has 5 nitrogen and oxygen atoms in total. The number of likely N-dealkylation sites (tertiary alicyclic amines) is 1. The summed E-state index contributed by atoms with van der Waals surface area (Å²) in [6.45, 7) is 11.4. The SMILES string of the molecule is CCCOC1(CN=C(NCC)N2CCC(N3CC=CC3)C2)CCCCC1.I. The van der Waals surface area contributed by atoms with E-state index < -0.39 is 0 Å². The van der Waals surface area contributed by atoms with E-state index in [2.05, 4.69) is 41.1 Å². The van der Waals surface area contributed by atoms with E-state index >= 15 is 0 Å². The fraction of sp³-hybridized carbons (Fsp3) is 0.857. The predicted octanol–water partition coefficient (Wildman–Crippen LogP) is 3.65. The Kier molecular flexibility index (Phi) is 9.87. The van der Waals surface area contributed by atoms with E-state index in [1.54, 1.807) is 0 Å². The summed E-state index contributed by atoms with van der Waals surface area (Å²) in [7, 11) is 0. The summed E-state index contributed by atoms with van der Waals surface area (Å²) in [4.78, 5) is 10.1. The number of halogens is 1. The van der Waals surface area contributed by atoms with Gasteiger partial charge in [0.25, 0.3) is 0 Å². The maximum Gasteiger partial charge on any atom is 0.194 e. The Morgan fingerprint density at radius 2 is 1.93 bits per heavy atom. The fourth-order valence-electron chi connectivity index (χ4n) is 4.53. The number of nitrogens with one attached hydrogen (secondary N) is 1. The summed E-state index contributed by atoms with van der Waals surface area (Å²) < 4.78 is 6.34. The van der Waals surface area contributed by atoms with E-state index in [1.165, 1.54) is 25.7 Å². The molecule has 2 fully saturated rings. The van der Waals surface area contributed by atoms with Crippen LogP contribution < -0.4 is 5.32 Å². The lowest BCUT2D eigenvalue weighted by atomic mass is 9.84. The lowest BCUT2D eigenvalue weighted by Crippen LogP contribution is -2.45. The number of ether oxygens (including phenoxy) is 1. The standard InChI is InChI=1S/C21H38N4O.HI/c1-3-16-26-21(11-6-5-7-12-21)18-23-20(22-4-2)25-15-10-19(17-25)24-13-8-9-14-24;/h8-9,19H,3-7,10-18H2,1-2H3,(H,22,23);1H. The van der Waals surface area contributed by atoms with Gasteiger partial charge in [0.05, 0.1) is 12.1 Å². The molecule has 0 aromatic rings. The van der Waals surface area contributed by atoms with Crippen molar-refractivity contribution in [1.29, 1.82) is 0 Å². The van der Waals surface area contributed by atoms with Crippen LogP contribution in [0.4, 0.5) is 0 Å². The van der Waals surface area contributed by atoms with Gasteiger partial charge in [0, 0.05) is 45.4 Å². The maximum atomic E-state index is 6.34. The van der Waals surface area contributed by atoms with Gasteiger partial charge in [-0.25, -0.2) is 0 Å². The van der Waals surface area contributed by atoms with Gasteiger partial charge in [-0.05, 0) is 32.6 Å². The molecule has 3 rings (SSSR count). The molecule has 156 valence electrons. The molecule has 0 aromatic carbocycles. The van der Waals surface area contributed by atoms with Crippen LogP contribution in [0.2, 0.25) is 0 Å². The van der Waals surface area contributed by atoms with Crippen LogP contribution in [-0.4, -0.2) is 73.3 Å². The van der Waals surface area contributed by atoms with Gasteiger partial charge < -0.3 is 15.0 Å². The quantitative estimate of drug-likeness (QED) is 0.256. The second-order valence-corrected chi connectivity index (χ2v) is 8.08. The number of aliphatic imine (C=N–C) groups is 1. The molecule has 2 heterocycles. The molecule has 0 bridgehead atoms. The van der Waals surface area contributed by atoms with Crippen LogP contribution in [0, 0.1) is 0 Å². The first-order valence-electron chi connectivity index (χ1n) is 10.8. The molecule has 2 aliphatic heterocycles. The lowest BCUT2D eigenvalue weighted by Gasteiger charge is -2.36. The molecular formula is C21H39IN4O. The van der Waals surface area contributed by atoms with E-state index in [0.717, 1.165) is 71.1 Å². The minimum Gasteiger partial charge on any atom is -0.373 e. The van der Waals surface area contributed by atoms with Crippen LogP contribution in [0.15, 0.2) is 17.1 Å². The zero-order valence-electron chi connectivity index (χ0n) is 17.3. The fourth-order valence-corrected chi connectivity index (χ4v) is 4.53. The highest BCUT2D eigenvalue weighted by Crippen LogP contribution is 2.32. The molecule has 1 atom stereocenters. The first kappa shape index (κ1) is 22.9. The van der Waals surface area contributed by atoms with Crippen molar-refractivity contribution in [2.75, 3.05) is 45.9 Å². The number of hydrogen-bond acceptors (Lipinski definition) is 3. The van der Waals surface area contributed by atoms with Crippen molar-refractivity contribution in [3.05, 3.63) is 12.2 Å². The zero-order chi connectivity index (χ0) is 18.2. The van der Waals surface area contributed by atoms with Crippen molar-refractivity contribution in [2.24, 2.45) is 4.99 Å². The zero-order valence-corrected chi connectivity index (χ0v) is 19.6. The monoisotopic (exact) mass is 490 g/mol. The molecule has 1 N–H and O–H groups in total. The number of rotatable bonds is 7. The Labute approximate surface area is 183 Å². The van der Waals surface area contributed by atoms with E-state index in [-0.39, 0.29) is 29.6 Å². The normalized spacial score (nSPS) is 25.6. The number of guanidine groups is 1. The van der Waals surface area contributed by atoms with Crippen LogP contribution >= 0.6 is 24.0 Å². The van der Waals surface area contributed by atoms with E-state index in [0.29, 0.717) is 6.04 Å². The van der Waals surface area contributed by atoms with Crippen LogP contribution in [0.1, 0.15) is 58.8 Å². The van der Waals surface area contributed by atoms with E-state index in [9.17, 15) is 0 Å². The van der Waals surface area contributed by atoms with Crippen molar-refractivity contribution in [1.82, 2.24) is 15.1 Å². The van der Waals surface area contributed by atoms with E-state index in [4.69, 9.17) is 9.73 Å². The average molecular weight is 490 g/mol. The molecule has 0 radical (unpaired) electrons. The van der Waals surface area contributed by atoms with Gasteiger partial charge in [-0.3, -0.25) is 9.89 Å². The molecule has 1 unspecified atom stereocenters. The van der Waals surface area contributed by atoms with Crippen molar-refractivity contribution < 1.29 is 4.74 Å². The molecule has 0 amide bonds. The summed E-state index contributed by atoms with van der Waals surface area (Å²) in [5, 5.41) is 3.53. The van der Waals surface area contributed by atoms with Gasteiger partial charge in [0.1, 0.15) is 0 Å². The molecule has 1 saturated carbocycles. The smallest absolute Gasteiger partial charge is 0.194 e. The Balaban J connectivity index is 0.00000261. The summed E-state index contributed by atoms with van der Waals surface area (Å²) in [6.07, 6.45) is 13.1. The van der Waals surface area contributed by atoms with E-state index in [1.807, 2.05) is 0 Å².